The summed E-state index contributed by atoms with van der Waals surface area (Å²) in [6.45, 7) is 11.5. The molecule has 0 unspecified atom stereocenters. The van der Waals surface area contributed by atoms with Crippen LogP contribution in [-0.2, 0) is 4.74 Å². The van der Waals surface area contributed by atoms with E-state index < -0.39 is 0 Å². The molecule has 2 heterocycles. The summed E-state index contributed by atoms with van der Waals surface area (Å²) in [6.07, 6.45) is 4.34. The summed E-state index contributed by atoms with van der Waals surface area (Å²) in [6, 6.07) is 3.80. The lowest BCUT2D eigenvalue weighted by Gasteiger charge is -2.35. The van der Waals surface area contributed by atoms with Crippen LogP contribution in [0.2, 0.25) is 0 Å². The van der Waals surface area contributed by atoms with Crippen molar-refractivity contribution in [3.63, 3.8) is 0 Å². The molecule has 2 fully saturated rings. The Bertz CT molecular complexity index is 678. The normalized spacial score (nSPS) is 23.0. The summed E-state index contributed by atoms with van der Waals surface area (Å²) in [5, 5.41) is 12.6. The topological polar surface area (TPSA) is 63.6 Å². The Balaban J connectivity index is 1.51. The quantitative estimate of drug-likeness (QED) is 0.721. The average Bonchev–Trinajstić information content (AvgIpc) is 2.50. The van der Waals surface area contributed by atoms with Crippen LogP contribution in [0.25, 0.3) is 0 Å². The van der Waals surface area contributed by atoms with Crippen LogP contribution in [0.3, 0.4) is 0 Å². The molecule has 148 valence electrons. The van der Waals surface area contributed by atoms with Crippen molar-refractivity contribution >= 4 is 0 Å². The van der Waals surface area contributed by atoms with Crippen molar-refractivity contribution in [2.75, 3.05) is 19.7 Å². The zero-order valence-corrected chi connectivity index (χ0v) is 16.9. The van der Waals surface area contributed by atoms with E-state index in [1.54, 1.807) is 6.20 Å². The SMILES string of the molecule is CC(C)(C#Cc1ccc(OC2CC(O)C2)cn1)CC(C)(C)COC1CNC1. The molecule has 1 aliphatic carbocycles. The smallest absolute Gasteiger partial charge is 0.138 e. The Morgan fingerprint density at radius 1 is 1.19 bits per heavy atom. The van der Waals surface area contributed by atoms with E-state index >= 15 is 0 Å². The van der Waals surface area contributed by atoms with Gasteiger partial charge in [-0.25, -0.2) is 4.98 Å². The third kappa shape index (κ3) is 6.21. The van der Waals surface area contributed by atoms with Crippen LogP contribution < -0.4 is 10.1 Å². The standard InChI is InChI=1S/C22H32N2O3/c1-21(2,14-22(3,4)15-26-20-11-23-12-20)8-7-16-5-6-18(13-24-16)27-19-9-17(25)10-19/h5-6,13,17,19-20,23,25H,9-12,14-15H2,1-4H3. The highest BCUT2D eigenvalue weighted by Gasteiger charge is 2.30. The number of ether oxygens (including phenoxy) is 2. The van der Waals surface area contributed by atoms with E-state index in [-0.39, 0.29) is 23.0 Å². The largest absolute Gasteiger partial charge is 0.489 e. The molecule has 2 N–H and O–H groups in total. The molecule has 5 heteroatoms. The Morgan fingerprint density at radius 2 is 1.93 bits per heavy atom. The molecule has 0 spiro atoms. The number of aromatic nitrogens is 1. The van der Waals surface area contributed by atoms with Crippen molar-refractivity contribution < 1.29 is 14.6 Å². The van der Waals surface area contributed by atoms with Crippen molar-refractivity contribution in [3.05, 3.63) is 24.0 Å². The van der Waals surface area contributed by atoms with Gasteiger partial charge in [0.15, 0.2) is 0 Å². The molecule has 0 radical (unpaired) electrons. The fraction of sp³-hybridized carbons (Fsp3) is 0.682. The van der Waals surface area contributed by atoms with Crippen LogP contribution in [0.15, 0.2) is 18.3 Å². The van der Waals surface area contributed by atoms with Gasteiger partial charge in [0.1, 0.15) is 17.5 Å². The van der Waals surface area contributed by atoms with Gasteiger partial charge in [0.05, 0.1) is 25.0 Å². The molecule has 0 amide bonds. The number of aliphatic hydroxyl groups is 1. The highest BCUT2D eigenvalue weighted by molar-refractivity contribution is 5.32. The second-order valence-corrected chi connectivity index (χ2v) is 9.31. The first-order valence-electron chi connectivity index (χ1n) is 9.87. The maximum absolute atomic E-state index is 9.32. The number of rotatable bonds is 7. The molecule has 1 aromatic heterocycles. The van der Waals surface area contributed by atoms with Gasteiger partial charge in [-0.2, -0.15) is 0 Å². The zero-order chi connectivity index (χ0) is 19.5. The third-order valence-electron chi connectivity index (χ3n) is 5.01. The van der Waals surface area contributed by atoms with Crippen LogP contribution in [0, 0.1) is 22.7 Å². The van der Waals surface area contributed by atoms with E-state index in [4.69, 9.17) is 9.47 Å². The minimum Gasteiger partial charge on any atom is -0.489 e. The molecule has 0 atom stereocenters. The van der Waals surface area contributed by atoms with Crippen LogP contribution in [0.4, 0.5) is 0 Å². The van der Waals surface area contributed by atoms with Crippen molar-refractivity contribution in [2.24, 2.45) is 10.8 Å². The van der Waals surface area contributed by atoms with Gasteiger partial charge in [0.25, 0.3) is 0 Å². The van der Waals surface area contributed by atoms with Gasteiger partial charge in [-0.05, 0) is 43.7 Å². The lowest BCUT2D eigenvalue weighted by atomic mass is 9.76. The Hall–Kier alpha value is -1.61. The molecule has 1 aliphatic heterocycles. The summed E-state index contributed by atoms with van der Waals surface area (Å²) < 4.78 is 11.7. The van der Waals surface area contributed by atoms with Crippen molar-refractivity contribution in [3.8, 4) is 17.6 Å². The fourth-order valence-electron chi connectivity index (χ4n) is 3.60. The minimum atomic E-state index is -0.213. The maximum Gasteiger partial charge on any atom is 0.138 e. The Kier molecular flexibility index (Phi) is 6.10. The molecule has 5 nitrogen and oxygen atoms in total. The second kappa shape index (κ2) is 8.18. The Labute approximate surface area is 162 Å². The average molecular weight is 373 g/mol. The lowest BCUT2D eigenvalue weighted by Crippen LogP contribution is -2.49. The molecule has 1 aromatic rings. The summed E-state index contributed by atoms with van der Waals surface area (Å²) in [5.74, 6) is 7.32. The molecule has 3 rings (SSSR count). The highest BCUT2D eigenvalue weighted by Crippen LogP contribution is 2.34. The predicted molar refractivity (Wildman–Crippen MR) is 106 cm³/mol. The number of aliphatic hydroxyl groups excluding tert-OH is 1. The van der Waals surface area contributed by atoms with Crippen LogP contribution in [0.1, 0.15) is 52.7 Å². The minimum absolute atomic E-state index is 0.0756. The van der Waals surface area contributed by atoms with Crippen LogP contribution in [0.5, 0.6) is 5.75 Å². The molecule has 27 heavy (non-hydrogen) atoms. The van der Waals surface area contributed by atoms with Gasteiger partial charge in [-0.1, -0.05) is 19.8 Å². The van der Waals surface area contributed by atoms with Gasteiger partial charge >= 0.3 is 0 Å². The number of hydrogen-bond donors (Lipinski definition) is 2. The predicted octanol–water partition coefficient (Wildman–Crippen LogP) is 2.77. The first kappa shape index (κ1) is 20.1. The van der Waals surface area contributed by atoms with Crippen LogP contribution in [-0.4, -0.2) is 48.1 Å². The van der Waals surface area contributed by atoms with Gasteiger partial charge in [-0.3, -0.25) is 0 Å². The van der Waals surface area contributed by atoms with E-state index in [1.165, 1.54) is 0 Å². The van der Waals surface area contributed by atoms with Crippen molar-refractivity contribution in [1.29, 1.82) is 0 Å². The summed E-state index contributed by atoms with van der Waals surface area (Å²) in [5.41, 5.74) is 0.703. The highest BCUT2D eigenvalue weighted by atomic mass is 16.5. The third-order valence-corrected chi connectivity index (χ3v) is 5.01. The number of hydrogen-bond acceptors (Lipinski definition) is 5. The van der Waals surface area contributed by atoms with E-state index in [0.717, 1.165) is 37.6 Å². The Morgan fingerprint density at radius 3 is 2.48 bits per heavy atom. The van der Waals surface area contributed by atoms with Gasteiger partial charge in [0, 0.05) is 31.3 Å². The van der Waals surface area contributed by atoms with Crippen molar-refractivity contribution in [1.82, 2.24) is 10.3 Å². The first-order valence-corrected chi connectivity index (χ1v) is 9.87. The van der Waals surface area contributed by atoms with E-state index in [2.05, 4.69) is 49.8 Å². The van der Waals surface area contributed by atoms with Gasteiger partial charge in [-0.15, -0.1) is 0 Å². The van der Waals surface area contributed by atoms with Crippen LogP contribution >= 0.6 is 0 Å². The number of nitrogens with zero attached hydrogens (tertiary/aromatic N) is 1. The molecule has 2 aliphatic rings. The maximum atomic E-state index is 9.32. The molecule has 0 aromatic carbocycles. The lowest BCUT2D eigenvalue weighted by molar-refractivity contribution is -0.0303. The van der Waals surface area contributed by atoms with E-state index in [9.17, 15) is 5.11 Å². The second-order valence-electron chi connectivity index (χ2n) is 9.31. The number of nitrogens with one attached hydrogen (secondary N) is 1. The molecular weight excluding hydrogens is 340 g/mol. The first-order chi connectivity index (χ1) is 12.7. The monoisotopic (exact) mass is 372 g/mol. The molecule has 1 saturated heterocycles. The van der Waals surface area contributed by atoms with E-state index in [0.29, 0.717) is 18.9 Å². The molecule has 1 saturated carbocycles. The number of pyridine rings is 1. The molecule has 0 bridgehead atoms. The summed E-state index contributed by atoms with van der Waals surface area (Å²) >= 11 is 0. The molecular formula is C22H32N2O3. The van der Waals surface area contributed by atoms with Gasteiger partial charge in [0.2, 0.25) is 0 Å². The fourth-order valence-corrected chi connectivity index (χ4v) is 3.60. The zero-order valence-electron chi connectivity index (χ0n) is 16.9. The van der Waals surface area contributed by atoms with E-state index in [1.807, 2.05) is 12.1 Å². The summed E-state index contributed by atoms with van der Waals surface area (Å²) in [7, 11) is 0. The van der Waals surface area contributed by atoms with Gasteiger partial charge < -0.3 is 19.9 Å². The van der Waals surface area contributed by atoms with Crippen molar-refractivity contribution in [2.45, 2.75) is 65.3 Å². The summed E-state index contributed by atoms with van der Waals surface area (Å²) in [4.78, 5) is 4.39.